The summed E-state index contributed by atoms with van der Waals surface area (Å²) in [5.41, 5.74) is 0. The first-order valence-corrected chi connectivity index (χ1v) is 14.0. The van der Waals surface area contributed by atoms with Crippen molar-refractivity contribution in [1.82, 2.24) is 0 Å². The maximum atomic E-state index is 5.98. The summed E-state index contributed by atoms with van der Waals surface area (Å²) in [4.78, 5) is 0. The van der Waals surface area contributed by atoms with Crippen LogP contribution in [0.3, 0.4) is 0 Å². The van der Waals surface area contributed by atoms with Gasteiger partial charge in [-0.2, -0.15) is 0 Å². The average Bonchev–Trinajstić information content (AvgIpc) is 1.43. The molecule has 0 aliphatic heterocycles. The Bertz CT molecular complexity index is 149. The van der Waals surface area contributed by atoms with Gasteiger partial charge in [-0.15, -0.1) is 0 Å². The van der Waals surface area contributed by atoms with Gasteiger partial charge in [0, 0.05) is 0 Å². The van der Waals surface area contributed by atoms with E-state index in [-0.39, 0.29) is 0 Å². The zero-order valence-electron chi connectivity index (χ0n) is 10.0. The molecule has 0 N–H and O–H groups in total. The molecule has 0 heterocycles. The normalized spacial score (nSPS) is 14.8. The predicted molar refractivity (Wildman–Crippen MR) is 65.8 cm³/mol. The van der Waals surface area contributed by atoms with E-state index < -0.39 is 25.2 Å². The van der Waals surface area contributed by atoms with Crippen molar-refractivity contribution in [3.05, 3.63) is 6.55 Å². The van der Waals surface area contributed by atoms with Crippen molar-refractivity contribution in [2.75, 3.05) is 0 Å². The highest BCUT2D eigenvalue weighted by atomic mass is 28.5. The largest absolute Gasteiger partial charge is 0.437 e. The zero-order valence-corrected chi connectivity index (χ0v) is 13.0. The Morgan fingerprint density at radius 3 is 1.08 bits per heavy atom. The van der Waals surface area contributed by atoms with Gasteiger partial charge in [0.15, 0.2) is 16.6 Å². The molecular weight excluding hydrogens is 212 g/mol. The molecule has 0 atom stereocenters. The molecule has 0 amide bonds. The lowest BCUT2D eigenvalue weighted by Crippen LogP contribution is -2.50. The van der Waals surface area contributed by atoms with Crippen LogP contribution in [0.5, 0.6) is 0 Å². The molecule has 0 aliphatic carbocycles. The number of rotatable bonds is 4. The molecule has 0 saturated heterocycles. The molecular formula is C8H23O2Si3. The molecule has 0 fully saturated rings. The van der Waals surface area contributed by atoms with E-state index in [1.54, 1.807) is 0 Å². The van der Waals surface area contributed by atoms with Crippen molar-refractivity contribution < 1.29 is 8.23 Å². The fraction of sp³-hybridized carbons (Fsp3) is 0.875. The summed E-state index contributed by atoms with van der Waals surface area (Å²) in [6.45, 7) is 19.2. The number of hydrogen-bond donors (Lipinski definition) is 0. The van der Waals surface area contributed by atoms with Crippen LogP contribution in [0.1, 0.15) is 0 Å². The van der Waals surface area contributed by atoms with Gasteiger partial charge in [0.2, 0.25) is 0 Å². The molecule has 5 heteroatoms. The van der Waals surface area contributed by atoms with Crippen LogP contribution in [0.4, 0.5) is 0 Å². The maximum Gasteiger partial charge on any atom is 0.314 e. The molecule has 0 aromatic carbocycles. The van der Waals surface area contributed by atoms with Gasteiger partial charge in [-0.05, 0) is 52.4 Å². The van der Waals surface area contributed by atoms with Crippen LogP contribution in [0.25, 0.3) is 0 Å². The lowest BCUT2D eigenvalue weighted by molar-refractivity contribution is 0.402. The second-order valence-electron chi connectivity index (χ2n) is 5.56. The summed E-state index contributed by atoms with van der Waals surface area (Å²) in [6.07, 6.45) is 0. The molecule has 0 aliphatic rings. The van der Waals surface area contributed by atoms with Crippen LogP contribution < -0.4 is 0 Å². The lowest BCUT2D eigenvalue weighted by atomic mass is 11.8. The molecule has 13 heavy (non-hydrogen) atoms. The van der Waals surface area contributed by atoms with Gasteiger partial charge in [-0.3, -0.25) is 0 Å². The first-order chi connectivity index (χ1) is 5.41. The maximum absolute atomic E-state index is 5.98. The van der Waals surface area contributed by atoms with Crippen LogP contribution in [-0.4, -0.2) is 25.2 Å². The van der Waals surface area contributed by atoms with Gasteiger partial charge in [0.05, 0.1) is 0 Å². The average molecular weight is 236 g/mol. The van der Waals surface area contributed by atoms with E-state index >= 15 is 0 Å². The summed E-state index contributed by atoms with van der Waals surface area (Å²) in [5, 5.41) is 0. The molecule has 0 unspecified atom stereocenters. The van der Waals surface area contributed by atoms with Gasteiger partial charge in [0.25, 0.3) is 0 Å². The van der Waals surface area contributed by atoms with E-state index in [1.165, 1.54) is 0 Å². The van der Waals surface area contributed by atoms with Gasteiger partial charge >= 0.3 is 8.56 Å². The van der Waals surface area contributed by atoms with Crippen molar-refractivity contribution in [3.63, 3.8) is 0 Å². The smallest absolute Gasteiger partial charge is 0.314 e. The van der Waals surface area contributed by atoms with Crippen molar-refractivity contribution in [2.24, 2.45) is 0 Å². The van der Waals surface area contributed by atoms with Crippen LogP contribution in [0.15, 0.2) is 0 Å². The monoisotopic (exact) mass is 235 g/mol. The van der Waals surface area contributed by atoms with E-state index in [4.69, 9.17) is 8.23 Å². The highest BCUT2D eigenvalue weighted by molar-refractivity contribution is 6.88. The van der Waals surface area contributed by atoms with Gasteiger partial charge in [0.1, 0.15) is 0 Å². The third-order valence-electron chi connectivity index (χ3n) is 1.04. The second kappa shape index (κ2) is 3.98. The summed E-state index contributed by atoms with van der Waals surface area (Å²) in [5.74, 6) is 0. The summed E-state index contributed by atoms with van der Waals surface area (Å²) in [7, 11) is -5.09. The third kappa shape index (κ3) is 8.89. The van der Waals surface area contributed by atoms with Crippen molar-refractivity contribution in [2.45, 2.75) is 45.8 Å². The van der Waals surface area contributed by atoms with Crippen molar-refractivity contribution in [1.29, 1.82) is 0 Å². The molecule has 0 rings (SSSR count). The molecule has 2 nitrogen and oxygen atoms in total. The van der Waals surface area contributed by atoms with E-state index in [0.29, 0.717) is 0 Å². The highest BCUT2D eigenvalue weighted by Gasteiger charge is 2.35. The first kappa shape index (κ1) is 13.6. The first-order valence-electron chi connectivity index (χ1n) is 4.67. The summed E-state index contributed by atoms with van der Waals surface area (Å²) in [6, 6.07) is 0. The Kier molecular flexibility index (Phi) is 4.15. The van der Waals surface area contributed by atoms with Crippen LogP contribution in [0.2, 0.25) is 45.8 Å². The molecule has 0 saturated carbocycles. The minimum Gasteiger partial charge on any atom is -0.437 e. The topological polar surface area (TPSA) is 18.5 Å². The van der Waals surface area contributed by atoms with E-state index in [2.05, 4.69) is 45.8 Å². The Labute approximate surface area is 86.2 Å². The summed E-state index contributed by atoms with van der Waals surface area (Å²) >= 11 is 0. The van der Waals surface area contributed by atoms with Crippen LogP contribution >= 0.6 is 0 Å². The fourth-order valence-electron chi connectivity index (χ4n) is 1.32. The number of hydrogen-bond acceptors (Lipinski definition) is 2. The van der Waals surface area contributed by atoms with Gasteiger partial charge in [-0.25, -0.2) is 0 Å². The Hall–Kier alpha value is 0.571. The SMILES string of the molecule is [CH2][Si](C)(O[Si](C)(C)C)O[Si](C)(C)C. The van der Waals surface area contributed by atoms with Gasteiger partial charge in [-0.1, -0.05) is 0 Å². The Morgan fingerprint density at radius 1 is 0.692 bits per heavy atom. The van der Waals surface area contributed by atoms with E-state index in [0.717, 1.165) is 0 Å². The molecule has 1 radical (unpaired) electrons. The lowest BCUT2D eigenvalue weighted by Gasteiger charge is -2.35. The Morgan fingerprint density at radius 2 is 0.923 bits per heavy atom. The van der Waals surface area contributed by atoms with Crippen LogP contribution in [-0.2, 0) is 8.23 Å². The quantitative estimate of drug-likeness (QED) is 0.697. The predicted octanol–water partition coefficient (Wildman–Crippen LogP) is 3.13. The highest BCUT2D eigenvalue weighted by Crippen LogP contribution is 2.19. The summed E-state index contributed by atoms with van der Waals surface area (Å²) < 4.78 is 12.0. The molecule has 0 spiro atoms. The molecule has 79 valence electrons. The van der Waals surface area contributed by atoms with E-state index in [1.807, 2.05) is 6.55 Å². The van der Waals surface area contributed by atoms with E-state index in [9.17, 15) is 0 Å². The molecule has 0 aromatic rings. The fourth-order valence-corrected chi connectivity index (χ4v) is 12.2. The minimum absolute atomic E-state index is 1.50. The second-order valence-corrected chi connectivity index (χ2v) is 17.9. The van der Waals surface area contributed by atoms with Crippen molar-refractivity contribution in [3.8, 4) is 0 Å². The Balaban J connectivity index is 4.25. The minimum atomic E-state index is -2.10. The zero-order chi connectivity index (χ0) is 10.9. The molecule has 0 bridgehead atoms. The standard InChI is InChI=1S/C8H23O2Si3/c1-11(2,3)9-13(7,8)10-12(4,5)6/h7H2,1-6,8H3. The van der Waals surface area contributed by atoms with Gasteiger partial charge < -0.3 is 8.23 Å². The molecule has 0 aromatic heterocycles. The van der Waals surface area contributed by atoms with Crippen molar-refractivity contribution >= 4 is 25.2 Å². The third-order valence-corrected chi connectivity index (χ3v) is 9.40. The van der Waals surface area contributed by atoms with Crippen LogP contribution in [0, 0.1) is 6.55 Å².